The van der Waals surface area contributed by atoms with E-state index < -0.39 is 15.3 Å². The highest BCUT2D eigenvalue weighted by molar-refractivity contribution is 7.89. The number of fused-ring (bicyclic) bond motifs is 1. The Morgan fingerprint density at radius 2 is 1.78 bits per heavy atom. The van der Waals surface area contributed by atoms with Gasteiger partial charge in [0.1, 0.15) is 17.6 Å². The van der Waals surface area contributed by atoms with Crippen molar-refractivity contribution in [3.8, 4) is 5.75 Å². The van der Waals surface area contributed by atoms with E-state index in [2.05, 4.69) is 4.98 Å². The van der Waals surface area contributed by atoms with Gasteiger partial charge in [-0.25, -0.2) is 18.5 Å². The molecule has 1 heterocycles. The summed E-state index contributed by atoms with van der Waals surface area (Å²) in [7, 11) is -3.72. The molecular formula is C21H24N2O3S. The predicted molar refractivity (Wildman–Crippen MR) is 108 cm³/mol. The smallest absolute Gasteiger partial charge is 0.216 e. The van der Waals surface area contributed by atoms with Crippen LogP contribution >= 0.6 is 0 Å². The number of hydrogen-bond acceptors (Lipinski definition) is 4. The fourth-order valence-electron chi connectivity index (χ4n) is 3.10. The first-order valence-corrected chi connectivity index (χ1v) is 10.7. The van der Waals surface area contributed by atoms with Gasteiger partial charge in [-0.05, 0) is 24.6 Å². The van der Waals surface area contributed by atoms with E-state index in [1.54, 1.807) is 18.2 Å². The van der Waals surface area contributed by atoms with E-state index in [9.17, 15) is 8.42 Å². The van der Waals surface area contributed by atoms with Gasteiger partial charge >= 0.3 is 0 Å². The Balaban J connectivity index is 1.84. The van der Waals surface area contributed by atoms with E-state index >= 15 is 0 Å². The third kappa shape index (κ3) is 4.84. The first-order chi connectivity index (χ1) is 13.0. The van der Waals surface area contributed by atoms with Crippen molar-refractivity contribution in [1.29, 1.82) is 0 Å². The van der Waals surface area contributed by atoms with Crippen molar-refractivity contribution in [3.63, 3.8) is 0 Å². The minimum Gasteiger partial charge on any atom is -0.487 e. The highest BCUT2D eigenvalue weighted by atomic mass is 32.2. The number of pyridine rings is 1. The highest BCUT2D eigenvalue weighted by Crippen LogP contribution is 2.33. The molecule has 5 nitrogen and oxygen atoms in total. The molecular weight excluding hydrogens is 360 g/mol. The predicted octanol–water partition coefficient (Wildman–Crippen LogP) is 4.33. The van der Waals surface area contributed by atoms with Crippen LogP contribution in [0.2, 0.25) is 0 Å². The van der Waals surface area contributed by atoms with E-state index in [0.717, 1.165) is 29.4 Å². The molecule has 2 aromatic carbocycles. The molecule has 0 fully saturated rings. The average molecular weight is 385 g/mol. The maximum atomic E-state index is 12.1. The Bertz CT molecular complexity index is 1020. The first kappa shape index (κ1) is 19.3. The summed E-state index contributed by atoms with van der Waals surface area (Å²) < 4.78 is 30.2. The molecule has 6 heteroatoms. The first-order valence-electron chi connectivity index (χ1n) is 9.07. The van der Waals surface area contributed by atoms with Crippen molar-refractivity contribution < 1.29 is 13.2 Å². The Labute approximate surface area is 160 Å². The van der Waals surface area contributed by atoms with Crippen LogP contribution < -0.4 is 9.88 Å². The standard InChI is InChI=1S/C21H24N2O3S/c1-2-3-12-21(27(22,24)25)18-9-5-7-11-20(18)26-15-17-14-13-16-8-4-6-10-19(16)23-17/h4-11,13-14,21H,2-3,12,15H2,1H3,(H2,22,24,25). The zero-order valence-corrected chi connectivity index (χ0v) is 16.2. The molecule has 1 unspecified atom stereocenters. The van der Waals surface area contributed by atoms with Crippen LogP contribution in [0.1, 0.15) is 42.7 Å². The van der Waals surface area contributed by atoms with Crippen LogP contribution in [-0.4, -0.2) is 13.4 Å². The van der Waals surface area contributed by atoms with Gasteiger partial charge < -0.3 is 4.74 Å². The number of ether oxygens (including phenoxy) is 1. The number of aromatic nitrogens is 1. The second kappa shape index (κ2) is 8.50. The lowest BCUT2D eigenvalue weighted by molar-refractivity contribution is 0.297. The fraction of sp³-hybridized carbons (Fsp3) is 0.286. The number of hydrogen-bond donors (Lipinski definition) is 1. The monoisotopic (exact) mass is 384 g/mol. The number of rotatable bonds is 8. The third-order valence-electron chi connectivity index (χ3n) is 4.51. The van der Waals surface area contributed by atoms with Crippen LogP contribution in [0, 0.1) is 0 Å². The number of sulfonamides is 1. The minimum atomic E-state index is -3.72. The number of unbranched alkanes of at least 4 members (excludes halogenated alkanes) is 1. The summed E-state index contributed by atoms with van der Waals surface area (Å²) in [6.45, 7) is 2.28. The van der Waals surface area contributed by atoms with Gasteiger partial charge in [-0.1, -0.05) is 62.2 Å². The van der Waals surface area contributed by atoms with Gasteiger partial charge in [-0.2, -0.15) is 0 Å². The molecule has 1 atom stereocenters. The number of para-hydroxylation sites is 2. The number of nitrogens with two attached hydrogens (primary N) is 1. The molecule has 0 spiro atoms. The van der Waals surface area contributed by atoms with Crippen LogP contribution in [-0.2, 0) is 16.6 Å². The van der Waals surface area contributed by atoms with Gasteiger partial charge in [0.05, 0.1) is 11.2 Å². The molecule has 0 radical (unpaired) electrons. The van der Waals surface area contributed by atoms with E-state index in [1.165, 1.54) is 0 Å². The van der Waals surface area contributed by atoms with Gasteiger partial charge in [0.15, 0.2) is 0 Å². The quantitative estimate of drug-likeness (QED) is 0.626. The molecule has 3 aromatic rings. The summed E-state index contributed by atoms with van der Waals surface area (Å²) in [5, 5.41) is 5.79. The van der Waals surface area contributed by atoms with Gasteiger partial charge in [-0.15, -0.1) is 0 Å². The summed E-state index contributed by atoms with van der Waals surface area (Å²) in [6.07, 6.45) is 2.15. The Hall–Kier alpha value is -2.44. The van der Waals surface area contributed by atoms with Gasteiger partial charge in [0.25, 0.3) is 0 Å². The molecule has 142 valence electrons. The second-order valence-corrected chi connectivity index (χ2v) is 8.29. The summed E-state index contributed by atoms with van der Waals surface area (Å²) in [6, 6.07) is 19.0. The van der Waals surface area contributed by atoms with Gasteiger partial charge in [-0.3, -0.25) is 0 Å². The van der Waals surface area contributed by atoms with E-state index in [-0.39, 0.29) is 6.61 Å². The maximum Gasteiger partial charge on any atom is 0.216 e. The zero-order valence-electron chi connectivity index (χ0n) is 15.3. The highest BCUT2D eigenvalue weighted by Gasteiger charge is 2.26. The third-order valence-corrected chi connectivity index (χ3v) is 5.80. The van der Waals surface area contributed by atoms with E-state index in [1.807, 2.05) is 49.4 Å². The number of nitrogens with zero attached hydrogens (tertiary/aromatic N) is 1. The Kier molecular flexibility index (Phi) is 6.08. The molecule has 3 rings (SSSR count). The molecule has 0 aliphatic heterocycles. The van der Waals surface area contributed by atoms with Crippen molar-refractivity contribution in [2.24, 2.45) is 5.14 Å². The van der Waals surface area contributed by atoms with Gasteiger partial charge in [0, 0.05) is 10.9 Å². The van der Waals surface area contributed by atoms with Crippen molar-refractivity contribution in [3.05, 3.63) is 71.9 Å². The van der Waals surface area contributed by atoms with Crippen LogP contribution in [0.3, 0.4) is 0 Å². The maximum absolute atomic E-state index is 12.1. The van der Waals surface area contributed by atoms with Crippen molar-refractivity contribution >= 4 is 20.9 Å². The van der Waals surface area contributed by atoms with E-state index in [0.29, 0.717) is 17.7 Å². The fourth-order valence-corrected chi connectivity index (χ4v) is 4.15. The summed E-state index contributed by atoms with van der Waals surface area (Å²) >= 11 is 0. The zero-order chi connectivity index (χ0) is 19.3. The molecule has 0 amide bonds. The second-order valence-electron chi connectivity index (χ2n) is 6.54. The Morgan fingerprint density at radius 1 is 1.04 bits per heavy atom. The summed E-state index contributed by atoms with van der Waals surface area (Å²) in [5.74, 6) is 0.530. The molecule has 0 aliphatic carbocycles. The Morgan fingerprint density at radius 3 is 2.56 bits per heavy atom. The lowest BCUT2D eigenvalue weighted by Gasteiger charge is -2.19. The van der Waals surface area contributed by atoms with Crippen LogP contribution in [0.25, 0.3) is 10.9 Å². The summed E-state index contributed by atoms with van der Waals surface area (Å²) in [5.41, 5.74) is 2.29. The van der Waals surface area contributed by atoms with Crippen molar-refractivity contribution in [1.82, 2.24) is 4.98 Å². The molecule has 1 aromatic heterocycles. The lowest BCUT2D eigenvalue weighted by atomic mass is 10.1. The number of primary sulfonamides is 1. The molecule has 27 heavy (non-hydrogen) atoms. The van der Waals surface area contributed by atoms with E-state index in [4.69, 9.17) is 9.88 Å². The molecule has 0 saturated carbocycles. The normalized spacial score (nSPS) is 12.8. The van der Waals surface area contributed by atoms with Crippen molar-refractivity contribution in [2.75, 3.05) is 0 Å². The molecule has 0 bridgehead atoms. The average Bonchev–Trinajstić information content (AvgIpc) is 2.66. The minimum absolute atomic E-state index is 0.257. The SMILES string of the molecule is CCCCC(c1ccccc1OCc1ccc2ccccc2n1)S(N)(=O)=O. The van der Waals surface area contributed by atoms with Crippen LogP contribution in [0.5, 0.6) is 5.75 Å². The van der Waals surface area contributed by atoms with Crippen LogP contribution in [0.15, 0.2) is 60.7 Å². The molecule has 2 N–H and O–H groups in total. The van der Waals surface area contributed by atoms with Crippen molar-refractivity contribution in [2.45, 2.75) is 38.0 Å². The summed E-state index contributed by atoms with van der Waals surface area (Å²) in [4.78, 5) is 4.60. The largest absolute Gasteiger partial charge is 0.487 e. The molecule has 0 aliphatic rings. The number of benzene rings is 2. The lowest BCUT2D eigenvalue weighted by Crippen LogP contribution is -2.22. The topological polar surface area (TPSA) is 82.3 Å². The van der Waals surface area contributed by atoms with Gasteiger partial charge in [0.2, 0.25) is 10.0 Å². The van der Waals surface area contributed by atoms with Crippen LogP contribution in [0.4, 0.5) is 0 Å². The molecule has 0 saturated heterocycles.